The molecule has 0 saturated carbocycles. The molecule has 0 aromatic carbocycles. The molecular formula is P4S3. The maximum atomic E-state index is 2.38. The first kappa shape index (κ1) is 4.64. The fraction of sp³-hybridized carbons (Fsp3) is 0. The summed E-state index contributed by atoms with van der Waals surface area (Å²) in [6, 6.07) is 0. The highest BCUT2D eigenvalue weighted by Crippen LogP contribution is 2.97. The summed E-state index contributed by atoms with van der Waals surface area (Å²) in [6.07, 6.45) is 0. The monoisotopic (exact) mass is 220 g/mol. The van der Waals surface area contributed by atoms with Gasteiger partial charge in [-0.15, -0.1) is 0 Å². The maximum Gasteiger partial charge on any atom is 0.0833 e. The van der Waals surface area contributed by atoms with E-state index in [4.69, 9.17) is 0 Å². The summed E-state index contributed by atoms with van der Waals surface area (Å²) in [5.74, 6) is 2.15. The normalized spacial score (nSPS) is 24.0. The minimum atomic E-state index is 0.505. The summed E-state index contributed by atoms with van der Waals surface area (Å²) in [5, 5.41) is 0. The average Bonchev–Trinajstić information content (AvgIpc) is 2.10. The summed E-state index contributed by atoms with van der Waals surface area (Å²) in [7, 11) is 7.15. The topological polar surface area (TPSA) is 0 Å². The van der Waals surface area contributed by atoms with Crippen LogP contribution < -0.4 is 0 Å². The molecule has 7 heteroatoms. The first-order valence-corrected chi connectivity index (χ1v) is 15.3. The molecule has 4 aromatic heterocycles. The van der Waals surface area contributed by atoms with Gasteiger partial charge in [-0.3, -0.25) is 0 Å². The molecule has 4 aromatic rings. The van der Waals surface area contributed by atoms with Crippen molar-refractivity contribution < 1.29 is 0 Å². The summed E-state index contributed by atoms with van der Waals surface area (Å²) >= 11 is 0. The number of rotatable bonds is 0. The molecule has 0 aliphatic heterocycles. The highest BCUT2D eigenvalue weighted by Gasteiger charge is 2.19. The van der Waals surface area contributed by atoms with Crippen LogP contribution in [-0.2, 0) is 0 Å². The summed E-state index contributed by atoms with van der Waals surface area (Å²) in [5.41, 5.74) is 0. The van der Waals surface area contributed by atoms with Crippen LogP contribution in [0.4, 0.5) is 0 Å². The van der Waals surface area contributed by atoms with E-state index in [0.717, 1.165) is 0 Å². The van der Waals surface area contributed by atoms with Crippen molar-refractivity contribution in [2.75, 3.05) is 0 Å². The SMILES string of the molecule is s1p2sp3p1p3s2. The van der Waals surface area contributed by atoms with Crippen molar-refractivity contribution in [1.82, 2.24) is 0 Å². The van der Waals surface area contributed by atoms with Gasteiger partial charge >= 0.3 is 0 Å². The molecule has 0 radical (unpaired) electrons. The van der Waals surface area contributed by atoms with Crippen molar-refractivity contribution in [2.24, 2.45) is 0 Å². The van der Waals surface area contributed by atoms with Crippen molar-refractivity contribution in [3.8, 4) is 0 Å². The Morgan fingerprint density at radius 2 is 1.14 bits per heavy atom. The standard InChI is InChI=1S/P4S3/c5-1-2-3(1)7-4(5)6-2. The molecule has 0 unspecified atom stereocenters. The van der Waals surface area contributed by atoms with Crippen LogP contribution in [0.2, 0.25) is 0 Å². The van der Waals surface area contributed by atoms with Crippen molar-refractivity contribution in [3.63, 3.8) is 0 Å². The lowest BCUT2D eigenvalue weighted by atomic mass is 29.9. The molecule has 4 heterocycles. The summed E-state index contributed by atoms with van der Waals surface area (Å²) in [4.78, 5) is 0.505. The third kappa shape index (κ3) is 0.474. The largest absolute Gasteiger partial charge is 0.0833 e. The Labute approximate surface area is 54.0 Å². The van der Waals surface area contributed by atoms with E-state index in [-0.39, 0.29) is 0 Å². The van der Waals surface area contributed by atoms with E-state index in [1.165, 1.54) is 0 Å². The van der Waals surface area contributed by atoms with Gasteiger partial charge in [-0.05, 0) is 0 Å². The summed E-state index contributed by atoms with van der Waals surface area (Å²) < 4.78 is 0. The third-order valence-electron chi connectivity index (χ3n) is 0.828. The lowest BCUT2D eigenvalue weighted by Gasteiger charge is -1.52. The van der Waals surface area contributed by atoms with Crippen LogP contribution >= 0.6 is 54.1 Å². The Bertz CT molecular complexity index is 285. The van der Waals surface area contributed by atoms with Gasteiger partial charge in [0, 0.05) is 17.6 Å². The molecule has 0 atom stereocenters. The van der Waals surface area contributed by atoms with E-state index in [1.54, 1.807) is 0 Å². The summed E-state index contributed by atoms with van der Waals surface area (Å²) in [6.45, 7) is 0. The zero-order chi connectivity index (χ0) is 4.43. The molecule has 0 spiro atoms. The lowest BCUT2D eigenvalue weighted by molar-refractivity contribution is 5.27. The Morgan fingerprint density at radius 1 is 0.714 bits per heavy atom. The van der Waals surface area contributed by atoms with Gasteiger partial charge in [0.05, 0.1) is 4.88 Å². The second kappa shape index (κ2) is 1.30. The zero-order valence-electron chi connectivity index (χ0n) is 3.01. The predicted molar refractivity (Wildman–Crippen MR) is 47.8 cm³/mol. The minimum absolute atomic E-state index is 0.505. The van der Waals surface area contributed by atoms with Crippen LogP contribution in [0.25, 0.3) is 0 Å². The van der Waals surface area contributed by atoms with Gasteiger partial charge in [-0.1, -0.05) is 31.6 Å². The molecule has 38 valence electrons. The van der Waals surface area contributed by atoms with Gasteiger partial charge in [0.25, 0.3) is 0 Å². The Kier molecular flexibility index (Phi) is 0.863. The first-order chi connectivity index (χ1) is 3.45. The molecule has 0 fully saturated rings. The Balaban J connectivity index is 3.26. The lowest BCUT2D eigenvalue weighted by Crippen LogP contribution is -0.789. The highest BCUT2D eigenvalue weighted by atomic mass is 33.6. The van der Waals surface area contributed by atoms with E-state index in [2.05, 4.69) is 31.6 Å². The predicted octanol–water partition coefficient (Wildman–Crippen LogP) is 5.32. The zero-order valence-corrected chi connectivity index (χ0v) is 9.04. The van der Waals surface area contributed by atoms with Crippen LogP contribution in [-0.4, -0.2) is 0 Å². The van der Waals surface area contributed by atoms with Crippen LogP contribution in [0.1, 0.15) is 0 Å². The minimum Gasteiger partial charge on any atom is -0.0678 e. The van der Waals surface area contributed by atoms with E-state index >= 15 is 0 Å². The van der Waals surface area contributed by atoms with Crippen molar-refractivity contribution in [2.45, 2.75) is 0 Å². The van der Waals surface area contributed by atoms with Gasteiger partial charge in [0.1, 0.15) is 0 Å². The van der Waals surface area contributed by atoms with E-state index < -0.39 is 0 Å². The molecule has 0 aliphatic rings. The molecule has 4 rings (SSSR count). The molecular weight excluding hydrogens is 220 g/mol. The molecule has 0 nitrogen and oxygen atoms in total. The molecule has 7 heavy (non-hydrogen) atoms. The number of hydrogen-bond acceptors (Lipinski definition) is 3. The maximum absolute atomic E-state index is 2.38. The van der Waals surface area contributed by atoms with Crippen molar-refractivity contribution in [3.05, 3.63) is 0 Å². The molecule has 4 bridgehead atoms. The fourth-order valence-corrected chi connectivity index (χ4v) is 123. The second-order valence-electron chi connectivity index (χ2n) is 1.23. The van der Waals surface area contributed by atoms with Crippen LogP contribution in [0, 0.1) is 0 Å². The van der Waals surface area contributed by atoms with Gasteiger partial charge < -0.3 is 0 Å². The smallest absolute Gasteiger partial charge is 0.0678 e. The van der Waals surface area contributed by atoms with Gasteiger partial charge in [-0.2, -0.15) is 0 Å². The van der Waals surface area contributed by atoms with E-state index in [0.29, 0.717) is 22.5 Å². The fourth-order valence-electron chi connectivity index (χ4n) is 0.505. The Hall–Kier alpha value is 1.86. The average molecular weight is 220 g/mol. The quantitative estimate of drug-likeness (QED) is 0.481. The Morgan fingerprint density at radius 3 is 1.29 bits per heavy atom. The van der Waals surface area contributed by atoms with Crippen molar-refractivity contribution in [1.29, 1.82) is 0 Å². The van der Waals surface area contributed by atoms with Gasteiger partial charge in [-0.25, -0.2) is 0 Å². The molecule has 0 saturated heterocycles. The third-order valence-corrected chi connectivity index (χ3v) is 62.2. The molecule has 0 aliphatic carbocycles. The number of hydrogen-bond donors (Lipinski definition) is 0. The second-order valence-corrected chi connectivity index (χ2v) is 33.1. The van der Waals surface area contributed by atoms with Crippen LogP contribution in [0.15, 0.2) is 0 Å². The first-order valence-electron chi connectivity index (χ1n) is 1.70. The van der Waals surface area contributed by atoms with Crippen molar-refractivity contribution >= 4 is 54.1 Å². The highest BCUT2D eigenvalue weighted by molar-refractivity contribution is 9.03. The van der Waals surface area contributed by atoms with E-state index in [9.17, 15) is 0 Å². The molecule has 0 N–H and O–H groups in total. The van der Waals surface area contributed by atoms with E-state index in [1.807, 2.05) is 0 Å². The van der Waals surface area contributed by atoms with Gasteiger partial charge in [0.15, 0.2) is 0 Å². The van der Waals surface area contributed by atoms with Crippen LogP contribution in [0.5, 0.6) is 0 Å². The van der Waals surface area contributed by atoms with Crippen LogP contribution in [0.3, 0.4) is 0 Å². The molecule has 0 amide bonds. The van der Waals surface area contributed by atoms with Gasteiger partial charge in [0.2, 0.25) is 0 Å².